The van der Waals surface area contributed by atoms with E-state index in [-0.39, 0.29) is 4.90 Å². The highest BCUT2D eigenvalue weighted by Crippen LogP contribution is 2.29. The normalized spacial score (nSPS) is 11.7. The minimum Gasteiger partial charge on any atom is -0.260 e. The summed E-state index contributed by atoms with van der Waals surface area (Å²) >= 11 is 7.02. The fourth-order valence-electron chi connectivity index (χ4n) is 2.60. The van der Waals surface area contributed by atoms with Gasteiger partial charge < -0.3 is 0 Å². The summed E-state index contributed by atoms with van der Waals surface area (Å²) in [5, 5.41) is 0.620. The molecule has 0 aromatic heterocycles. The third-order valence-electron chi connectivity index (χ3n) is 4.23. The van der Waals surface area contributed by atoms with Gasteiger partial charge in [0.25, 0.3) is 10.0 Å². The molecule has 0 saturated carbocycles. The molecule has 0 heterocycles. The minimum atomic E-state index is -3.75. The summed E-state index contributed by atoms with van der Waals surface area (Å²) < 4.78 is 30.8. The Hall–Kier alpha value is -2.32. The van der Waals surface area contributed by atoms with Crippen LogP contribution in [0.1, 0.15) is 11.1 Å². The first-order valence-corrected chi connectivity index (χ1v) is 11.8. The van der Waals surface area contributed by atoms with Crippen LogP contribution in [-0.4, -0.2) is 21.2 Å². The lowest BCUT2D eigenvalue weighted by Crippen LogP contribution is -2.28. The molecule has 0 aliphatic carbocycles. The second-order valence-corrected chi connectivity index (χ2v) is 9.85. The maximum Gasteiger partial charge on any atom is 0.274 e. The predicted molar refractivity (Wildman–Crippen MR) is 127 cm³/mol. The summed E-state index contributed by atoms with van der Waals surface area (Å²) in [4.78, 5) is 4.64. The molecule has 3 rings (SSSR count). The maximum absolute atomic E-state index is 13.2. The molecule has 0 radical (unpaired) electrons. The van der Waals surface area contributed by atoms with E-state index >= 15 is 0 Å². The number of benzene rings is 3. The van der Waals surface area contributed by atoms with Crippen LogP contribution in [0.2, 0.25) is 5.02 Å². The molecule has 5 nitrogen and oxygen atoms in total. The van der Waals surface area contributed by atoms with Gasteiger partial charge in [0, 0.05) is 17.8 Å². The number of hydrogen-bond acceptors (Lipinski definition) is 5. The van der Waals surface area contributed by atoms with Crippen LogP contribution in [0, 0.1) is 13.8 Å². The van der Waals surface area contributed by atoms with Crippen molar-refractivity contribution >= 4 is 51.3 Å². The Morgan fingerprint density at radius 2 is 1.73 bits per heavy atom. The minimum absolute atomic E-state index is 0.231. The fraction of sp³-hybridized carbons (Fsp3) is 0.136. The van der Waals surface area contributed by atoms with Gasteiger partial charge >= 0.3 is 0 Å². The molecule has 0 aliphatic heterocycles. The maximum atomic E-state index is 13.2. The van der Waals surface area contributed by atoms with Gasteiger partial charge in [-0.3, -0.25) is 4.99 Å². The van der Waals surface area contributed by atoms with Gasteiger partial charge in [-0.1, -0.05) is 53.6 Å². The van der Waals surface area contributed by atoms with Crippen molar-refractivity contribution in [1.82, 2.24) is 4.72 Å². The first-order chi connectivity index (χ1) is 14.4. The zero-order valence-corrected chi connectivity index (χ0v) is 19.0. The number of anilines is 1. The number of rotatable bonds is 8. The van der Waals surface area contributed by atoms with E-state index in [1.807, 2.05) is 32.0 Å². The van der Waals surface area contributed by atoms with Gasteiger partial charge in [-0.2, -0.15) is 3.71 Å². The molecule has 0 spiro atoms. The molecule has 0 unspecified atom stereocenters. The number of aryl methyl sites for hydroxylation is 2. The highest BCUT2D eigenvalue weighted by molar-refractivity contribution is 8.13. The SMILES string of the molecule is Cc1ccc(S(=O)(=O)N(SNCC=Nc2cc(Cl)ccc2C)c2ccccc2)cc1. The van der Waals surface area contributed by atoms with E-state index < -0.39 is 10.0 Å². The lowest BCUT2D eigenvalue weighted by molar-refractivity contribution is 0.598. The molecule has 8 heteroatoms. The highest BCUT2D eigenvalue weighted by Gasteiger charge is 2.25. The van der Waals surface area contributed by atoms with Gasteiger partial charge in [-0.25, -0.2) is 13.1 Å². The van der Waals surface area contributed by atoms with E-state index in [0.29, 0.717) is 17.3 Å². The lowest BCUT2D eigenvalue weighted by atomic mass is 10.2. The summed E-state index contributed by atoms with van der Waals surface area (Å²) in [6.07, 6.45) is 1.69. The number of nitrogens with one attached hydrogen (secondary N) is 1. The van der Waals surface area contributed by atoms with Crippen LogP contribution in [-0.2, 0) is 10.0 Å². The van der Waals surface area contributed by atoms with E-state index in [0.717, 1.165) is 28.9 Å². The number of sulfonamides is 1. The third-order valence-corrected chi connectivity index (χ3v) is 7.46. The summed E-state index contributed by atoms with van der Waals surface area (Å²) in [5.74, 6) is 0. The summed E-state index contributed by atoms with van der Waals surface area (Å²) in [5.41, 5.74) is 3.34. The zero-order valence-electron chi connectivity index (χ0n) is 16.6. The van der Waals surface area contributed by atoms with Crippen molar-refractivity contribution in [2.75, 3.05) is 10.3 Å². The summed E-state index contributed by atoms with van der Waals surface area (Å²) in [6, 6.07) is 21.3. The molecule has 0 bridgehead atoms. The molecule has 0 fully saturated rings. The quantitative estimate of drug-likeness (QED) is 0.266. The molecule has 0 atom stereocenters. The largest absolute Gasteiger partial charge is 0.274 e. The second kappa shape index (κ2) is 10.1. The number of aliphatic imine (C=N–C) groups is 1. The van der Waals surface area contributed by atoms with Crippen LogP contribution < -0.4 is 8.43 Å². The second-order valence-electron chi connectivity index (χ2n) is 6.56. The number of para-hydroxylation sites is 1. The predicted octanol–water partition coefficient (Wildman–Crippen LogP) is 5.71. The van der Waals surface area contributed by atoms with Crippen molar-refractivity contribution in [3.8, 4) is 0 Å². The Balaban J connectivity index is 1.75. The molecule has 1 N–H and O–H groups in total. The molecule has 156 valence electrons. The van der Waals surface area contributed by atoms with Crippen molar-refractivity contribution in [2.45, 2.75) is 18.7 Å². The summed E-state index contributed by atoms with van der Waals surface area (Å²) in [7, 11) is -3.75. The van der Waals surface area contributed by atoms with Crippen molar-refractivity contribution < 1.29 is 8.42 Å². The standard InChI is InChI=1S/C22H22ClN3O2S2/c1-17-8-12-21(13-9-17)30(27,28)26(20-6-4-3-5-7-20)29-25-15-14-24-22-16-19(23)11-10-18(22)2/h3-14,16,25H,15H2,1-2H3. The topological polar surface area (TPSA) is 61.8 Å². The third kappa shape index (κ3) is 5.64. The van der Waals surface area contributed by atoms with Crippen LogP contribution in [0.5, 0.6) is 0 Å². The average Bonchev–Trinajstić information content (AvgIpc) is 2.74. The molecule has 0 saturated heterocycles. The van der Waals surface area contributed by atoms with E-state index in [1.165, 1.54) is 3.71 Å². The van der Waals surface area contributed by atoms with E-state index in [2.05, 4.69) is 9.71 Å². The van der Waals surface area contributed by atoms with Gasteiger partial charge in [-0.15, -0.1) is 0 Å². The summed E-state index contributed by atoms with van der Waals surface area (Å²) in [6.45, 7) is 4.24. The zero-order chi connectivity index (χ0) is 21.6. The highest BCUT2D eigenvalue weighted by atomic mass is 35.5. The van der Waals surface area contributed by atoms with E-state index in [4.69, 9.17) is 11.6 Å². The van der Waals surface area contributed by atoms with E-state index in [9.17, 15) is 8.42 Å². The van der Waals surface area contributed by atoms with Gasteiger partial charge in [0.1, 0.15) is 0 Å². The average molecular weight is 460 g/mol. The first kappa shape index (κ1) is 22.4. The molecule has 0 aliphatic rings. The Labute approximate surface area is 187 Å². The Kier molecular flexibility index (Phi) is 7.55. The van der Waals surface area contributed by atoms with Crippen molar-refractivity contribution in [1.29, 1.82) is 0 Å². The van der Waals surface area contributed by atoms with Gasteiger partial charge in [0.15, 0.2) is 0 Å². The lowest BCUT2D eigenvalue weighted by Gasteiger charge is -2.22. The molecular formula is C22H22ClN3O2S2. The Bertz CT molecular complexity index is 1120. The first-order valence-electron chi connectivity index (χ1n) is 9.23. The smallest absolute Gasteiger partial charge is 0.260 e. The number of halogens is 1. The van der Waals surface area contributed by atoms with Crippen LogP contribution in [0.3, 0.4) is 0 Å². The van der Waals surface area contributed by atoms with Gasteiger partial charge in [0.05, 0.1) is 28.4 Å². The molecule has 3 aromatic rings. The molecule has 0 amide bonds. The van der Waals surface area contributed by atoms with Gasteiger partial charge in [0.2, 0.25) is 0 Å². The molecular weight excluding hydrogens is 438 g/mol. The van der Waals surface area contributed by atoms with E-state index in [1.54, 1.807) is 60.8 Å². The van der Waals surface area contributed by atoms with Crippen molar-refractivity contribution in [3.63, 3.8) is 0 Å². The fourth-order valence-corrected chi connectivity index (χ4v) is 5.13. The van der Waals surface area contributed by atoms with Crippen LogP contribution in [0.4, 0.5) is 11.4 Å². The monoisotopic (exact) mass is 459 g/mol. The van der Waals surface area contributed by atoms with Crippen molar-refractivity contribution in [2.24, 2.45) is 4.99 Å². The Morgan fingerprint density at radius 1 is 1.03 bits per heavy atom. The number of nitrogens with zero attached hydrogens (tertiary/aromatic N) is 2. The van der Waals surface area contributed by atoms with Crippen LogP contribution in [0.25, 0.3) is 0 Å². The van der Waals surface area contributed by atoms with Crippen LogP contribution >= 0.6 is 23.7 Å². The Morgan fingerprint density at radius 3 is 2.43 bits per heavy atom. The van der Waals surface area contributed by atoms with Gasteiger partial charge in [-0.05, 0) is 55.8 Å². The molecule has 3 aromatic carbocycles. The molecule has 30 heavy (non-hydrogen) atoms. The van der Waals surface area contributed by atoms with Crippen LogP contribution in [0.15, 0.2) is 82.7 Å². The van der Waals surface area contributed by atoms with Crippen molar-refractivity contribution in [3.05, 3.63) is 88.9 Å². The number of hydrogen-bond donors (Lipinski definition) is 1.